The summed E-state index contributed by atoms with van der Waals surface area (Å²) in [5.74, 6) is -0.320. The summed E-state index contributed by atoms with van der Waals surface area (Å²) in [6, 6.07) is 20.4. The van der Waals surface area contributed by atoms with Gasteiger partial charge in [0, 0.05) is 60.0 Å². The van der Waals surface area contributed by atoms with Gasteiger partial charge in [-0.1, -0.05) is 35.3 Å². The van der Waals surface area contributed by atoms with E-state index < -0.39 is 10.0 Å². The summed E-state index contributed by atoms with van der Waals surface area (Å²) in [6.45, 7) is 1.68. The van der Waals surface area contributed by atoms with Crippen molar-refractivity contribution in [2.45, 2.75) is 4.90 Å². The number of hydrogen-bond acceptors (Lipinski definition) is 5. The van der Waals surface area contributed by atoms with Crippen LogP contribution in [0.5, 0.6) is 0 Å². The van der Waals surface area contributed by atoms with E-state index in [-0.39, 0.29) is 10.8 Å². The second-order valence-corrected chi connectivity index (χ2v) is 11.3. The first kappa shape index (κ1) is 25.3. The Labute approximate surface area is 225 Å². The van der Waals surface area contributed by atoms with Gasteiger partial charge in [-0.25, -0.2) is 13.1 Å². The van der Waals surface area contributed by atoms with Crippen LogP contribution in [0.3, 0.4) is 0 Å². The molecule has 5 rings (SSSR count). The van der Waals surface area contributed by atoms with E-state index in [2.05, 4.69) is 15.3 Å². The molecule has 11 heteroatoms. The fraction of sp³-hybridized carbons (Fsp3) is 0.154. The van der Waals surface area contributed by atoms with Gasteiger partial charge in [-0.3, -0.25) is 4.79 Å². The molecule has 0 radical (unpaired) electrons. The van der Waals surface area contributed by atoms with Gasteiger partial charge in [0.25, 0.3) is 5.91 Å². The average Bonchev–Trinajstić information content (AvgIpc) is 3.44. The van der Waals surface area contributed by atoms with Crippen LogP contribution in [0.25, 0.3) is 5.69 Å². The van der Waals surface area contributed by atoms with Crippen molar-refractivity contribution in [1.82, 2.24) is 14.1 Å². The van der Waals surface area contributed by atoms with Gasteiger partial charge in [-0.15, -0.1) is 0 Å². The lowest BCUT2D eigenvalue weighted by atomic mass is 10.1. The molecule has 1 fully saturated rings. The van der Waals surface area contributed by atoms with Crippen LogP contribution >= 0.6 is 23.2 Å². The summed E-state index contributed by atoms with van der Waals surface area (Å²) in [4.78, 5) is 15.2. The lowest BCUT2D eigenvalue weighted by Gasteiger charge is -2.35. The third-order valence-electron chi connectivity index (χ3n) is 6.10. The molecule has 1 aliphatic rings. The monoisotopic (exact) mass is 555 g/mol. The molecule has 190 valence electrons. The number of anilines is 2. The van der Waals surface area contributed by atoms with Crippen LogP contribution < -0.4 is 10.2 Å². The van der Waals surface area contributed by atoms with Gasteiger partial charge >= 0.3 is 0 Å². The molecule has 1 aliphatic heterocycles. The number of amides is 1. The Hall–Kier alpha value is -3.37. The Bertz CT molecular complexity index is 1500. The predicted molar refractivity (Wildman–Crippen MR) is 145 cm³/mol. The normalized spacial score (nSPS) is 14.5. The standard InChI is InChI=1S/C26H23Cl2N5O3S/c27-19-16-20(28)18-22(17-19)31-12-14-32(15-13-31)37(35,36)23-8-6-21(7-9-23)30-26(34)24-4-1-2-5-25(24)33-11-3-10-29-33/h1-11,16-18H,12-15H2,(H,30,34). The number of para-hydroxylation sites is 1. The average molecular weight is 556 g/mol. The fourth-order valence-electron chi connectivity index (χ4n) is 4.24. The topological polar surface area (TPSA) is 87.5 Å². The first-order valence-electron chi connectivity index (χ1n) is 11.5. The largest absolute Gasteiger partial charge is 0.369 e. The van der Waals surface area contributed by atoms with Gasteiger partial charge in [0.2, 0.25) is 10.0 Å². The van der Waals surface area contributed by atoms with E-state index in [4.69, 9.17) is 23.2 Å². The highest BCUT2D eigenvalue weighted by molar-refractivity contribution is 7.89. The summed E-state index contributed by atoms with van der Waals surface area (Å²) in [5.41, 5.74) is 2.44. The Morgan fingerprint density at radius 1 is 0.865 bits per heavy atom. The van der Waals surface area contributed by atoms with Crippen LogP contribution in [0, 0.1) is 0 Å². The quantitative estimate of drug-likeness (QED) is 0.364. The number of halogens is 2. The number of benzene rings is 3. The minimum atomic E-state index is -3.69. The minimum Gasteiger partial charge on any atom is -0.369 e. The molecule has 1 N–H and O–H groups in total. The summed E-state index contributed by atoms with van der Waals surface area (Å²) < 4.78 is 29.6. The second kappa shape index (κ2) is 10.5. The van der Waals surface area contributed by atoms with E-state index in [0.29, 0.717) is 53.2 Å². The molecule has 4 aromatic rings. The Kier molecular flexibility index (Phi) is 7.21. The predicted octanol–water partition coefficient (Wildman–Crippen LogP) is 4.94. The van der Waals surface area contributed by atoms with Gasteiger partial charge in [0.05, 0.1) is 16.1 Å². The zero-order chi connectivity index (χ0) is 26.0. The van der Waals surface area contributed by atoms with E-state index in [1.54, 1.807) is 59.5 Å². The molecule has 37 heavy (non-hydrogen) atoms. The van der Waals surface area contributed by atoms with Crippen molar-refractivity contribution in [2.24, 2.45) is 0 Å². The van der Waals surface area contributed by atoms with Crippen LogP contribution in [0.4, 0.5) is 11.4 Å². The summed E-state index contributed by atoms with van der Waals surface area (Å²) in [5, 5.41) is 8.11. The molecule has 0 bridgehead atoms. The molecule has 0 saturated carbocycles. The van der Waals surface area contributed by atoms with Crippen molar-refractivity contribution in [3.8, 4) is 5.69 Å². The third-order valence-corrected chi connectivity index (χ3v) is 8.45. The molecule has 8 nitrogen and oxygen atoms in total. The van der Waals surface area contributed by atoms with Crippen LogP contribution in [0.1, 0.15) is 10.4 Å². The van der Waals surface area contributed by atoms with Gasteiger partial charge < -0.3 is 10.2 Å². The van der Waals surface area contributed by atoms with Crippen molar-refractivity contribution in [3.05, 3.63) is 101 Å². The first-order valence-corrected chi connectivity index (χ1v) is 13.7. The number of piperazine rings is 1. The van der Waals surface area contributed by atoms with Gasteiger partial charge in [-0.2, -0.15) is 9.40 Å². The molecule has 1 saturated heterocycles. The Morgan fingerprint density at radius 3 is 2.19 bits per heavy atom. The number of aromatic nitrogens is 2. The summed E-state index contributed by atoms with van der Waals surface area (Å²) in [6.07, 6.45) is 3.40. The highest BCUT2D eigenvalue weighted by Crippen LogP contribution is 2.28. The third kappa shape index (κ3) is 5.50. The molecular formula is C26H23Cl2N5O3S. The van der Waals surface area contributed by atoms with E-state index >= 15 is 0 Å². The molecule has 0 aliphatic carbocycles. The number of carbonyl (C=O) groups excluding carboxylic acids is 1. The molecule has 0 atom stereocenters. The maximum atomic E-state index is 13.2. The number of nitrogens with zero attached hydrogens (tertiary/aromatic N) is 4. The molecule has 0 unspecified atom stereocenters. The van der Waals surface area contributed by atoms with Crippen molar-refractivity contribution >= 4 is 50.5 Å². The minimum absolute atomic E-state index is 0.168. The molecule has 3 aromatic carbocycles. The Balaban J connectivity index is 1.25. The maximum absolute atomic E-state index is 13.2. The smallest absolute Gasteiger partial charge is 0.257 e. The fourth-order valence-corrected chi connectivity index (χ4v) is 6.18. The number of nitrogens with one attached hydrogen (secondary N) is 1. The number of carbonyl (C=O) groups is 1. The zero-order valence-corrected chi connectivity index (χ0v) is 21.9. The lowest BCUT2D eigenvalue weighted by molar-refractivity contribution is 0.102. The van der Waals surface area contributed by atoms with E-state index in [0.717, 1.165) is 5.69 Å². The van der Waals surface area contributed by atoms with Crippen LogP contribution in [0.15, 0.2) is 90.1 Å². The van der Waals surface area contributed by atoms with Crippen LogP contribution in [0.2, 0.25) is 10.0 Å². The van der Waals surface area contributed by atoms with Crippen molar-refractivity contribution in [1.29, 1.82) is 0 Å². The van der Waals surface area contributed by atoms with E-state index in [9.17, 15) is 13.2 Å². The van der Waals surface area contributed by atoms with Gasteiger partial charge in [0.1, 0.15) is 0 Å². The van der Waals surface area contributed by atoms with Crippen molar-refractivity contribution < 1.29 is 13.2 Å². The second-order valence-electron chi connectivity index (χ2n) is 8.47. The zero-order valence-electron chi connectivity index (χ0n) is 19.6. The molecule has 1 amide bonds. The maximum Gasteiger partial charge on any atom is 0.257 e. The SMILES string of the molecule is O=C(Nc1ccc(S(=O)(=O)N2CCN(c3cc(Cl)cc(Cl)c3)CC2)cc1)c1ccccc1-n1cccn1. The van der Waals surface area contributed by atoms with Crippen molar-refractivity contribution in [3.63, 3.8) is 0 Å². The summed E-state index contributed by atoms with van der Waals surface area (Å²) >= 11 is 12.2. The van der Waals surface area contributed by atoms with Crippen molar-refractivity contribution in [2.75, 3.05) is 36.4 Å². The van der Waals surface area contributed by atoms with E-state index in [1.807, 2.05) is 18.2 Å². The highest BCUT2D eigenvalue weighted by atomic mass is 35.5. The molecule has 0 spiro atoms. The van der Waals surface area contributed by atoms with E-state index in [1.165, 1.54) is 16.4 Å². The summed E-state index contributed by atoms with van der Waals surface area (Å²) in [7, 11) is -3.69. The number of sulfonamides is 1. The lowest BCUT2D eigenvalue weighted by Crippen LogP contribution is -2.48. The van der Waals surface area contributed by atoms with Gasteiger partial charge in [0.15, 0.2) is 0 Å². The van der Waals surface area contributed by atoms with Gasteiger partial charge in [-0.05, 0) is 60.7 Å². The number of rotatable bonds is 6. The Morgan fingerprint density at radius 2 is 1.54 bits per heavy atom. The number of hydrogen-bond donors (Lipinski definition) is 1. The molecular weight excluding hydrogens is 533 g/mol. The highest BCUT2D eigenvalue weighted by Gasteiger charge is 2.29. The molecule has 1 aromatic heterocycles. The first-order chi connectivity index (χ1) is 17.8. The van der Waals surface area contributed by atoms with Crippen LogP contribution in [-0.2, 0) is 10.0 Å². The van der Waals surface area contributed by atoms with Crippen LogP contribution in [-0.4, -0.2) is 54.6 Å². The molecule has 2 heterocycles.